The molecule has 0 aliphatic carbocycles. The minimum Gasteiger partial charge on any atom is -0.456 e. The third-order valence-electron chi connectivity index (χ3n) is 11.4. The largest absolute Gasteiger partial charge is 0.456 e. The molecule has 12 rings (SSSR count). The van der Waals surface area contributed by atoms with Crippen molar-refractivity contribution in [3.05, 3.63) is 194 Å². The number of aromatic nitrogens is 4. The molecule has 0 bridgehead atoms. The van der Waals surface area contributed by atoms with E-state index in [1.54, 1.807) is 6.20 Å². The van der Waals surface area contributed by atoms with Crippen LogP contribution in [0.3, 0.4) is 0 Å². The standard InChI is InChI=1S/C54H32N4O2/c1-2-10-34-25-39(19-18-33(34)9-1)53-56-52(38-12-7-11-35(26-38)40-13-8-24-55-32-40)57-54(58-53)43-28-41(36-20-22-50-46(30-36)44-14-3-5-16-48(44)59-50)27-42(29-43)37-21-23-51-47(31-37)45-15-4-6-17-49(45)60-51/h1-32H. The van der Waals surface area contributed by atoms with E-state index in [1.165, 1.54) is 0 Å². The second-order valence-electron chi connectivity index (χ2n) is 15.1. The molecule has 0 unspecified atom stereocenters. The van der Waals surface area contributed by atoms with Crippen molar-refractivity contribution in [2.45, 2.75) is 0 Å². The molecular weight excluding hydrogens is 737 g/mol. The second kappa shape index (κ2) is 13.7. The zero-order chi connectivity index (χ0) is 39.6. The Kier molecular flexibility index (Phi) is 7.74. The highest BCUT2D eigenvalue weighted by Crippen LogP contribution is 2.39. The first-order valence-electron chi connectivity index (χ1n) is 19.9. The lowest BCUT2D eigenvalue weighted by Gasteiger charge is -2.13. The van der Waals surface area contributed by atoms with Gasteiger partial charge in [0.15, 0.2) is 17.5 Å². The summed E-state index contributed by atoms with van der Waals surface area (Å²) < 4.78 is 12.5. The van der Waals surface area contributed by atoms with Crippen molar-refractivity contribution in [1.29, 1.82) is 0 Å². The van der Waals surface area contributed by atoms with Gasteiger partial charge in [0.1, 0.15) is 22.3 Å². The minimum atomic E-state index is 0.572. The first-order valence-corrected chi connectivity index (χ1v) is 19.9. The van der Waals surface area contributed by atoms with E-state index < -0.39 is 0 Å². The van der Waals surface area contributed by atoms with Crippen LogP contribution in [0.15, 0.2) is 203 Å². The van der Waals surface area contributed by atoms with Gasteiger partial charge in [-0.2, -0.15) is 0 Å². The molecule has 0 amide bonds. The molecule has 6 heteroatoms. The predicted octanol–water partition coefficient (Wildman–Crippen LogP) is 14.2. The summed E-state index contributed by atoms with van der Waals surface area (Å²) in [5.74, 6) is 1.75. The summed E-state index contributed by atoms with van der Waals surface area (Å²) in [6.45, 7) is 0. The quantitative estimate of drug-likeness (QED) is 0.168. The lowest BCUT2D eigenvalue weighted by atomic mass is 9.94. The van der Waals surface area contributed by atoms with Gasteiger partial charge in [-0.25, -0.2) is 15.0 Å². The number of pyridine rings is 1. The fourth-order valence-electron chi connectivity index (χ4n) is 8.36. The maximum Gasteiger partial charge on any atom is 0.164 e. The molecule has 4 aromatic heterocycles. The molecule has 0 spiro atoms. The maximum absolute atomic E-state index is 6.23. The van der Waals surface area contributed by atoms with Crippen LogP contribution in [0, 0.1) is 0 Å². The summed E-state index contributed by atoms with van der Waals surface area (Å²) in [5.41, 5.74) is 12.3. The molecule has 0 saturated carbocycles. The van der Waals surface area contributed by atoms with E-state index in [9.17, 15) is 0 Å². The first kappa shape index (κ1) is 33.9. The minimum absolute atomic E-state index is 0.572. The van der Waals surface area contributed by atoms with Crippen LogP contribution in [0.5, 0.6) is 0 Å². The molecular formula is C54H32N4O2. The van der Waals surface area contributed by atoms with E-state index >= 15 is 0 Å². The van der Waals surface area contributed by atoms with Gasteiger partial charge in [0.25, 0.3) is 0 Å². The number of fused-ring (bicyclic) bond motifs is 7. The average Bonchev–Trinajstić information content (AvgIpc) is 3.89. The van der Waals surface area contributed by atoms with Crippen molar-refractivity contribution in [1.82, 2.24) is 19.9 Å². The highest BCUT2D eigenvalue weighted by molar-refractivity contribution is 6.07. The predicted molar refractivity (Wildman–Crippen MR) is 242 cm³/mol. The van der Waals surface area contributed by atoms with Gasteiger partial charge in [-0.3, -0.25) is 4.98 Å². The normalized spacial score (nSPS) is 11.7. The van der Waals surface area contributed by atoms with Crippen molar-refractivity contribution in [3.8, 4) is 67.5 Å². The SMILES string of the molecule is c1cncc(-c2cccc(-c3nc(-c4cc(-c5ccc6oc7ccccc7c6c5)cc(-c5ccc6oc7ccccc7c6c5)c4)nc(-c4ccc5ccccc5c4)n3)c2)c1. The van der Waals surface area contributed by atoms with Gasteiger partial charge >= 0.3 is 0 Å². The third-order valence-corrected chi connectivity index (χ3v) is 11.4. The Labute approximate surface area is 344 Å². The molecule has 0 atom stereocenters. The number of rotatable bonds is 6. The van der Waals surface area contributed by atoms with E-state index in [1.807, 2.05) is 42.6 Å². The van der Waals surface area contributed by atoms with Crippen molar-refractivity contribution >= 4 is 54.6 Å². The zero-order valence-corrected chi connectivity index (χ0v) is 32.1. The fraction of sp³-hybridized carbons (Fsp3) is 0. The Morgan fingerprint density at radius 3 is 1.42 bits per heavy atom. The second-order valence-corrected chi connectivity index (χ2v) is 15.1. The van der Waals surface area contributed by atoms with Crippen molar-refractivity contribution < 1.29 is 8.83 Å². The summed E-state index contributed by atoms with van der Waals surface area (Å²) in [6, 6.07) is 62.9. The number of benzene rings is 8. The van der Waals surface area contributed by atoms with Crippen molar-refractivity contribution in [3.63, 3.8) is 0 Å². The van der Waals surface area contributed by atoms with Gasteiger partial charge < -0.3 is 8.83 Å². The Hall–Kier alpha value is -8.22. The Balaban J connectivity index is 1.09. The smallest absolute Gasteiger partial charge is 0.164 e. The Morgan fingerprint density at radius 1 is 0.283 bits per heavy atom. The van der Waals surface area contributed by atoms with Gasteiger partial charge in [-0.1, -0.05) is 109 Å². The lowest BCUT2D eigenvalue weighted by Crippen LogP contribution is -2.01. The number of hydrogen-bond acceptors (Lipinski definition) is 6. The van der Waals surface area contributed by atoms with Crippen LogP contribution in [-0.4, -0.2) is 19.9 Å². The summed E-state index contributed by atoms with van der Waals surface area (Å²) >= 11 is 0. The summed E-state index contributed by atoms with van der Waals surface area (Å²) in [6.07, 6.45) is 3.66. The van der Waals surface area contributed by atoms with E-state index in [0.717, 1.165) is 105 Å². The van der Waals surface area contributed by atoms with E-state index in [0.29, 0.717) is 17.5 Å². The van der Waals surface area contributed by atoms with Crippen LogP contribution < -0.4 is 0 Å². The zero-order valence-electron chi connectivity index (χ0n) is 32.1. The molecule has 60 heavy (non-hydrogen) atoms. The van der Waals surface area contributed by atoms with Crippen LogP contribution in [0.25, 0.3) is 122 Å². The molecule has 0 aliphatic rings. The number of furan rings is 2. The molecule has 12 aromatic rings. The van der Waals surface area contributed by atoms with Gasteiger partial charge in [0.2, 0.25) is 0 Å². The van der Waals surface area contributed by atoms with Gasteiger partial charge in [-0.05, 0) is 111 Å². The van der Waals surface area contributed by atoms with E-state index in [-0.39, 0.29) is 0 Å². The van der Waals surface area contributed by atoms with Gasteiger partial charge in [-0.15, -0.1) is 0 Å². The van der Waals surface area contributed by atoms with E-state index in [2.05, 4.69) is 151 Å². The molecule has 280 valence electrons. The van der Waals surface area contributed by atoms with Crippen molar-refractivity contribution in [2.24, 2.45) is 0 Å². The Morgan fingerprint density at radius 2 is 0.767 bits per heavy atom. The highest BCUT2D eigenvalue weighted by atomic mass is 16.3. The molecule has 6 nitrogen and oxygen atoms in total. The summed E-state index contributed by atoms with van der Waals surface area (Å²) in [4.78, 5) is 20.0. The lowest BCUT2D eigenvalue weighted by molar-refractivity contribution is 0.668. The summed E-state index contributed by atoms with van der Waals surface area (Å²) in [7, 11) is 0. The molecule has 8 aromatic carbocycles. The van der Waals surface area contributed by atoms with Crippen LogP contribution >= 0.6 is 0 Å². The third kappa shape index (κ3) is 5.89. The fourth-order valence-corrected chi connectivity index (χ4v) is 8.36. The van der Waals surface area contributed by atoms with Crippen LogP contribution in [0.2, 0.25) is 0 Å². The highest BCUT2D eigenvalue weighted by Gasteiger charge is 2.18. The Bertz CT molecular complexity index is 3490. The first-order chi connectivity index (χ1) is 29.7. The van der Waals surface area contributed by atoms with Crippen LogP contribution in [-0.2, 0) is 0 Å². The molecule has 0 N–H and O–H groups in total. The molecule has 0 saturated heterocycles. The molecule has 0 fully saturated rings. The molecule has 4 heterocycles. The molecule has 0 aliphatic heterocycles. The average molecular weight is 769 g/mol. The topological polar surface area (TPSA) is 77.8 Å². The van der Waals surface area contributed by atoms with Crippen molar-refractivity contribution in [2.75, 3.05) is 0 Å². The number of hydrogen-bond donors (Lipinski definition) is 0. The van der Waals surface area contributed by atoms with E-state index in [4.69, 9.17) is 23.8 Å². The van der Waals surface area contributed by atoms with Gasteiger partial charge in [0.05, 0.1) is 0 Å². The van der Waals surface area contributed by atoms with Gasteiger partial charge in [0, 0.05) is 56.2 Å². The number of para-hydroxylation sites is 2. The summed E-state index contributed by atoms with van der Waals surface area (Å²) in [5, 5.41) is 6.57. The number of nitrogens with zero attached hydrogens (tertiary/aromatic N) is 4. The van der Waals surface area contributed by atoms with Crippen LogP contribution in [0.4, 0.5) is 0 Å². The maximum atomic E-state index is 6.23. The molecule has 0 radical (unpaired) electrons. The van der Waals surface area contributed by atoms with Crippen LogP contribution in [0.1, 0.15) is 0 Å². The monoisotopic (exact) mass is 768 g/mol.